The summed E-state index contributed by atoms with van der Waals surface area (Å²) in [4.78, 5) is 10.0. The third-order valence-corrected chi connectivity index (χ3v) is 1.39. The molecule has 4 heteroatoms. The van der Waals surface area contributed by atoms with Crippen molar-refractivity contribution in [3.05, 3.63) is 0 Å². The molecule has 0 saturated carbocycles. The van der Waals surface area contributed by atoms with Crippen LogP contribution >= 0.6 is 0 Å². The molecule has 11 heavy (non-hydrogen) atoms. The van der Waals surface area contributed by atoms with Gasteiger partial charge in [-0.05, 0) is 18.9 Å². The fourth-order valence-electron chi connectivity index (χ4n) is 0.748. The summed E-state index contributed by atoms with van der Waals surface area (Å²) in [6.07, 6.45) is 0.715. The molecule has 0 rings (SSSR count). The van der Waals surface area contributed by atoms with Crippen molar-refractivity contribution in [2.24, 2.45) is 5.92 Å². The van der Waals surface area contributed by atoms with Gasteiger partial charge in [0.2, 0.25) is 0 Å². The highest BCUT2D eigenvalue weighted by atomic mass is 16.4. The summed E-state index contributed by atoms with van der Waals surface area (Å²) in [6.45, 7) is 2.77. The second-order valence-corrected chi connectivity index (χ2v) is 2.64. The normalized spacial score (nSPS) is 12.9. The summed E-state index contributed by atoms with van der Waals surface area (Å²) < 4.78 is 0. The zero-order chi connectivity index (χ0) is 8.69. The number of carbonyl (C=O) groups is 1. The van der Waals surface area contributed by atoms with Crippen molar-refractivity contribution in [3.8, 4) is 0 Å². The number of rotatable bonds is 6. The Bertz CT molecular complexity index is 116. The number of aliphatic hydroxyl groups is 1. The fourth-order valence-corrected chi connectivity index (χ4v) is 0.748. The molecule has 1 atom stereocenters. The highest BCUT2D eigenvalue weighted by molar-refractivity contribution is 5.68. The predicted octanol–water partition coefficient (Wildman–Crippen LogP) is -0.321. The van der Waals surface area contributed by atoms with Gasteiger partial charge in [-0.3, -0.25) is 4.79 Å². The van der Waals surface area contributed by atoms with Gasteiger partial charge in [-0.1, -0.05) is 6.92 Å². The highest BCUT2D eigenvalue weighted by Crippen LogP contribution is 1.96. The minimum absolute atomic E-state index is 0.00420. The maximum Gasteiger partial charge on any atom is 0.317 e. The summed E-state index contributed by atoms with van der Waals surface area (Å²) in [5, 5.41) is 19.5. The Morgan fingerprint density at radius 2 is 2.27 bits per heavy atom. The number of nitrogens with one attached hydrogen (secondary N) is 1. The molecule has 0 radical (unpaired) electrons. The van der Waals surface area contributed by atoms with E-state index in [0.29, 0.717) is 18.9 Å². The minimum atomic E-state index is -0.846. The molecule has 0 bridgehead atoms. The smallest absolute Gasteiger partial charge is 0.317 e. The van der Waals surface area contributed by atoms with Gasteiger partial charge in [0.1, 0.15) is 0 Å². The van der Waals surface area contributed by atoms with Crippen LogP contribution in [0.25, 0.3) is 0 Å². The van der Waals surface area contributed by atoms with E-state index in [-0.39, 0.29) is 13.2 Å². The van der Waals surface area contributed by atoms with Crippen molar-refractivity contribution < 1.29 is 15.0 Å². The molecule has 0 aliphatic rings. The molecular formula is C7H15NO3. The second kappa shape index (κ2) is 6.12. The van der Waals surface area contributed by atoms with Crippen molar-refractivity contribution in [2.45, 2.75) is 13.3 Å². The Hall–Kier alpha value is -0.610. The van der Waals surface area contributed by atoms with E-state index in [9.17, 15) is 4.79 Å². The summed E-state index contributed by atoms with van der Waals surface area (Å²) in [6, 6.07) is 0. The van der Waals surface area contributed by atoms with Crippen molar-refractivity contribution in [1.29, 1.82) is 0 Å². The Labute approximate surface area is 66.2 Å². The third kappa shape index (κ3) is 7.29. The first kappa shape index (κ1) is 10.4. The van der Waals surface area contributed by atoms with Gasteiger partial charge >= 0.3 is 5.97 Å². The largest absolute Gasteiger partial charge is 0.480 e. The number of carboxylic acid groups (broad SMARTS) is 1. The molecule has 1 unspecified atom stereocenters. The molecule has 4 nitrogen and oxygen atoms in total. The van der Waals surface area contributed by atoms with Crippen LogP contribution in [-0.2, 0) is 4.79 Å². The molecule has 0 amide bonds. The topological polar surface area (TPSA) is 69.6 Å². The quantitative estimate of drug-likeness (QED) is 0.499. The van der Waals surface area contributed by atoms with Crippen LogP contribution in [-0.4, -0.2) is 35.9 Å². The van der Waals surface area contributed by atoms with Crippen LogP contribution in [0, 0.1) is 5.92 Å². The summed E-state index contributed by atoms with van der Waals surface area (Å²) in [5.74, 6) is -0.513. The van der Waals surface area contributed by atoms with Crippen LogP contribution in [0.15, 0.2) is 0 Å². The lowest BCUT2D eigenvalue weighted by Gasteiger charge is -2.08. The lowest BCUT2D eigenvalue weighted by molar-refractivity contribution is -0.135. The second-order valence-electron chi connectivity index (χ2n) is 2.64. The number of aliphatic hydroxyl groups excluding tert-OH is 1. The van der Waals surface area contributed by atoms with E-state index in [2.05, 4.69) is 5.32 Å². The molecule has 0 spiro atoms. The maximum atomic E-state index is 10.0. The Morgan fingerprint density at radius 3 is 2.73 bits per heavy atom. The summed E-state index contributed by atoms with van der Waals surface area (Å²) >= 11 is 0. The van der Waals surface area contributed by atoms with Gasteiger partial charge in [0.25, 0.3) is 0 Å². The number of aliphatic carboxylic acids is 1. The van der Waals surface area contributed by atoms with Crippen molar-refractivity contribution in [1.82, 2.24) is 5.32 Å². The molecular weight excluding hydrogens is 146 g/mol. The minimum Gasteiger partial charge on any atom is -0.480 e. The van der Waals surface area contributed by atoms with E-state index in [1.807, 2.05) is 6.92 Å². The third-order valence-electron chi connectivity index (χ3n) is 1.39. The predicted molar refractivity (Wildman–Crippen MR) is 41.4 cm³/mol. The van der Waals surface area contributed by atoms with Gasteiger partial charge in [0, 0.05) is 6.61 Å². The van der Waals surface area contributed by atoms with E-state index < -0.39 is 5.97 Å². The Balaban J connectivity index is 3.16. The summed E-state index contributed by atoms with van der Waals surface area (Å²) in [5.41, 5.74) is 0. The molecule has 0 saturated heterocycles. The number of carboxylic acids is 1. The van der Waals surface area contributed by atoms with Gasteiger partial charge in [-0.2, -0.15) is 0 Å². The van der Waals surface area contributed by atoms with Gasteiger partial charge in [0.15, 0.2) is 0 Å². The lowest BCUT2D eigenvalue weighted by Crippen LogP contribution is -2.27. The summed E-state index contributed by atoms with van der Waals surface area (Å²) in [7, 11) is 0. The molecule has 0 aromatic heterocycles. The van der Waals surface area contributed by atoms with Gasteiger partial charge in [-0.15, -0.1) is 0 Å². The fraction of sp³-hybridized carbons (Fsp3) is 0.857. The average molecular weight is 161 g/mol. The number of hydrogen-bond donors (Lipinski definition) is 3. The van der Waals surface area contributed by atoms with Crippen molar-refractivity contribution in [2.75, 3.05) is 19.7 Å². The number of hydrogen-bond acceptors (Lipinski definition) is 3. The average Bonchev–Trinajstić information content (AvgIpc) is 1.87. The first-order chi connectivity index (χ1) is 5.16. The first-order valence-electron chi connectivity index (χ1n) is 3.70. The maximum absolute atomic E-state index is 10.0. The zero-order valence-corrected chi connectivity index (χ0v) is 6.71. The first-order valence-corrected chi connectivity index (χ1v) is 3.70. The van der Waals surface area contributed by atoms with Crippen LogP contribution in [0.5, 0.6) is 0 Å². The molecule has 0 fully saturated rings. The van der Waals surface area contributed by atoms with Gasteiger partial charge < -0.3 is 15.5 Å². The van der Waals surface area contributed by atoms with Crippen LogP contribution in [0.3, 0.4) is 0 Å². The van der Waals surface area contributed by atoms with Crippen molar-refractivity contribution in [3.63, 3.8) is 0 Å². The Kier molecular flexibility index (Phi) is 5.78. The van der Waals surface area contributed by atoms with Crippen LogP contribution in [0.2, 0.25) is 0 Å². The molecule has 0 heterocycles. The SMILES string of the molecule is CC(CCO)CNCC(=O)O. The van der Waals surface area contributed by atoms with E-state index in [0.717, 1.165) is 0 Å². The van der Waals surface area contributed by atoms with Gasteiger partial charge in [0.05, 0.1) is 6.54 Å². The van der Waals surface area contributed by atoms with E-state index >= 15 is 0 Å². The lowest BCUT2D eigenvalue weighted by atomic mass is 10.1. The van der Waals surface area contributed by atoms with Crippen LogP contribution in [0.4, 0.5) is 0 Å². The van der Waals surface area contributed by atoms with E-state index in [1.54, 1.807) is 0 Å². The van der Waals surface area contributed by atoms with E-state index in [4.69, 9.17) is 10.2 Å². The van der Waals surface area contributed by atoms with E-state index in [1.165, 1.54) is 0 Å². The molecule has 0 aromatic rings. The van der Waals surface area contributed by atoms with Gasteiger partial charge in [-0.25, -0.2) is 0 Å². The molecule has 0 aromatic carbocycles. The monoisotopic (exact) mass is 161 g/mol. The van der Waals surface area contributed by atoms with Crippen LogP contribution < -0.4 is 5.32 Å². The molecule has 0 aliphatic carbocycles. The highest BCUT2D eigenvalue weighted by Gasteiger charge is 2.01. The molecule has 3 N–H and O–H groups in total. The standard InChI is InChI=1S/C7H15NO3/c1-6(2-3-9)4-8-5-7(10)11/h6,8-9H,2-5H2,1H3,(H,10,11). The molecule has 0 aliphatic heterocycles. The van der Waals surface area contributed by atoms with Crippen LogP contribution in [0.1, 0.15) is 13.3 Å². The Morgan fingerprint density at radius 1 is 1.64 bits per heavy atom. The van der Waals surface area contributed by atoms with Crippen molar-refractivity contribution >= 4 is 5.97 Å². The molecule has 66 valence electrons. The zero-order valence-electron chi connectivity index (χ0n) is 6.71.